The Hall–Kier alpha value is -3.50. The van der Waals surface area contributed by atoms with Gasteiger partial charge in [-0.2, -0.15) is 0 Å². The first-order valence-electron chi connectivity index (χ1n) is 12.3. The monoisotopic (exact) mass is 519 g/mol. The number of carbonyl (C=O) groups excluding carboxylic acids is 2. The van der Waals surface area contributed by atoms with Crippen molar-refractivity contribution < 1.29 is 27.8 Å². The molecule has 1 aromatic carbocycles. The number of aromatic nitrogens is 2. The van der Waals surface area contributed by atoms with Gasteiger partial charge in [-0.05, 0) is 59.7 Å². The summed E-state index contributed by atoms with van der Waals surface area (Å²) in [5.74, 6) is -0.771. The fraction of sp³-hybridized carbons (Fsp3) is 0.538. The van der Waals surface area contributed by atoms with Gasteiger partial charge in [0.05, 0.1) is 18.3 Å². The van der Waals surface area contributed by atoms with Gasteiger partial charge >= 0.3 is 6.09 Å². The second kappa shape index (κ2) is 11.7. The van der Waals surface area contributed by atoms with Gasteiger partial charge in [-0.3, -0.25) is 4.79 Å². The van der Waals surface area contributed by atoms with Gasteiger partial charge < -0.3 is 24.6 Å². The number of nitrogens with zero attached hydrogens (tertiary/aromatic N) is 4. The molecule has 1 saturated heterocycles. The highest BCUT2D eigenvalue weighted by Crippen LogP contribution is 2.35. The highest BCUT2D eigenvalue weighted by atomic mass is 19.1. The molecule has 11 heteroatoms. The molecule has 2 amide bonds. The zero-order valence-electron chi connectivity index (χ0n) is 22.1. The molecule has 0 bridgehead atoms. The van der Waals surface area contributed by atoms with Crippen LogP contribution in [-0.4, -0.2) is 70.9 Å². The molecule has 2 aromatic rings. The molecule has 1 aliphatic heterocycles. The summed E-state index contributed by atoms with van der Waals surface area (Å²) >= 11 is 0. The second-order valence-corrected chi connectivity index (χ2v) is 10.2. The third-order valence-corrected chi connectivity index (χ3v) is 5.84. The molecular weight excluding hydrogens is 484 g/mol. The molecule has 0 unspecified atom stereocenters. The molecule has 1 aliphatic rings. The number of hydrogen-bond donors (Lipinski definition) is 1. The summed E-state index contributed by atoms with van der Waals surface area (Å²) in [6.07, 6.45) is 0.889. The van der Waals surface area contributed by atoms with E-state index in [1.165, 1.54) is 24.7 Å². The van der Waals surface area contributed by atoms with E-state index in [0.29, 0.717) is 12.4 Å². The van der Waals surface area contributed by atoms with Crippen molar-refractivity contribution in [3.05, 3.63) is 42.1 Å². The molecule has 3 rings (SSSR count). The fourth-order valence-electron chi connectivity index (χ4n) is 4.12. The van der Waals surface area contributed by atoms with Crippen LogP contribution in [0, 0.1) is 11.7 Å². The van der Waals surface area contributed by atoms with Gasteiger partial charge in [-0.25, -0.2) is 23.5 Å². The topological polar surface area (TPSA) is 96.9 Å². The minimum atomic E-state index is -1.23. The Morgan fingerprint density at radius 1 is 1.24 bits per heavy atom. The van der Waals surface area contributed by atoms with Crippen molar-refractivity contribution in [2.75, 3.05) is 31.1 Å². The number of carbonyl (C=O) groups is 2. The molecule has 0 aliphatic carbocycles. The maximum atomic E-state index is 14.9. The summed E-state index contributed by atoms with van der Waals surface area (Å²) in [4.78, 5) is 36.7. The highest BCUT2D eigenvalue weighted by molar-refractivity contribution is 5.97. The number of hydrogen-bond acceptors (Lipinski definition) is 7. The zero-order chi connectivity index (χ0) is 27.3. The van der Waals surface area contributed by atoms with Crippen molar-refractivity contribution in [3.63, 3.8) is 0 Å². The number of nitrogens with one attached hydrogen (secondary N) is 1. The van der Waals surface area contributed by atoms with E-state index in [1.807, 2.05) is 20.8 Å². The molecule has 9 nitrogen and oxygen atoms in total. The summed E-state index contributed by atoms with van der Waals surface area (Å²) in [6, 6.07) is 3.62. The fourth-order valence-corrected chi connectivity index (χ4v) is 4.12. The van der Waals surface area contributed by atoms with Crippen LogP contribution < -0.4 is 15.0 Å². The summed E-state index contributed by atoms with van der Waals surface area (Å²) in [5, 5.41) is 2.62. The van der Waals surface area contributed by atoms with Crippen molar-refractivity contribution in [2.45, 2.75) is 59.4 Å². The van der Waals surface area contributed by atoms with Crippen molar-refractivity contribution in [1.82, 2.24) is 20.2 Å². The van der Waals surface area contributed by atoms with Gasteiger partial charge in [-0.1, -0.05) is 0 Å². The molecule has 0 radical (unpaired) electrons. The van der Waals surface area contributed by atoms with Crippen LogP contribution in [0.4, 0.5) is 19.4 Å². The Bertz CT molecular complexity index is 1110. The summed E-state index contributed by atoms with van der Waals surface area (Å²) in [6.45, 7) is 11.7. The maximum Gasteiger partial charge on any atom is 0.407 e. The van der Waals surface area contributed by atoms with Gasteiger partial charge in [0.25, 0.3) is 5.91 Å². The van der Waals surface area contributed by atoms with E-state index >= 15 is 0 Å². The van der Waals surface area contributed by atoms with Crippen LogP contribution in [0.5, 0.6) is 11.5 Å². The Morgan fingerprint density at radius 2 is 1.97 bits per heavy atom. The van der Waals surface area contributed by atoms with Gasteiger partial charge in [0.1, 0.15) is 29.7 Å². The van der Waals surface area contributed by atoms with E-state index in [0.717, 1.165) is 6.07 Å². The lowest BCUT2D eigenvalue weighted by Crippen LogP contribution is -2.37. The summed E-state index contributed by atoms with van der Waals surface area (Å²) in [5.41, 5.74) is -0.590. The number of rotatable bonds is 8. The standard InChI is InChI=1S/C26H35F2N5O4/c1-7-33(16(2)3)24(34)19-10-18(27)8-9-21(19)36-22-12-29-15-31-23(22)32-13-17(20(28)14-32)11-30-25(35)37-26(4,5)6/h8-10,12,15-17,20H,7,11,13-14H2,1-6H3,(H,30,35)/t17-,20+/m0/s1. The Labute approximate surface area is 216 Å². The van der Waals surface area contributed by atoms with Crippen molar-refractivity contribution in [1.29, 1.82) is 0 Å². The van der Waals surface area contributed by atoms with Crippen LogP contribution in [0.3, 0.4) is 0 Å². The van der Waals surface area contributed by atoms with Crippen LogP contribution in [0.15, 0.2) is 30.7 Å². The molecule has 202 valence electrons. The average Bonchev–Trinajstić information content (AvgIpc) is 3.18. The van der Waals surface area contributed by atoms with Crippen LogP contribution in [0.25, 0.3) is 0 Å². The quantitative estimate of drug-likeness (QED) is 0.545. The SMILES string of the molecule is CCN(C(=O)c1cc(F)ccc1Oc1cncnc1N1C[C@H](CNC(=O)OC(C)(C)C)[C@H](F)C1)C(C)C. The van der Waals surface area contributed by atoms with Crippen molar-refractivity contribution >= 4 is 17.8 Å². The maximum absolute atomic E-state index is 14.9. The van der Waals surface area contributed by atoms with E-state index in [4.69, 9.17) is 9.47 Å². The number of anilines is 1. The first-order chi connectivity index (χ1) is 17.4. The van der Waals surface area contributed by atoms with Crippen LogP contribution in [0.1, 0.15) is 51.9 Å². The van der Waals surface area contributed by atoms with Gasteiger partial charge in [0.15, 0.2) is 11.6 Å². The van der Waals surface area contributed by atoms with Gasteiger partial charge in [-0.15, -0.1) is 0 Å². The number of halogens is 2. The number of ether oxygens (including phenoxy) is 2. The molecular formula is C26H35F2N5O4. The lowest BCUT2D eigenvalue weighted by Gasteiger charge is -2.26. The normalized spacial score (nSPS) is 17.6. The Kier molecular flexibility index (Phi) is 8.88. The summed E-state index contributed by atoms with van der Waals surface area (Å²) < 4.78 is 40.2. The largest absolute Gasteiger partial charge is 0.451 e. The molecule has 0 saturated carbocycles. The number of alkyl carbamates (subject to hydrolysis) is 1. The number of alkyl halides is 1. The third kappa shape index (κ3) is 7.27. The first-order valence-corrected chi connectivity index (χ1v) is 12.3. The highest BCUT2D eigenvalue weighted by Gasteiger charge is 2.35. The van der Waals surface area contributed by atoms with Crippen LogP contribution in [0.2, 0.25) is 0 Å². The van der Waals surface area contributed by atoms with Crippen molar-refractivity contribution in [2.24, 2.45) is 5.92 Å². The average molecular weight is 520 g/mol. The second-order valence-electron chi connectivity index (χ2n) is 10.2. The predicted molar refractivity (Wildman–Crippen MR) is 135 cm³/mol. The Balaban J connectivity index is 1.79. The van der Waals surface area contributed by atoms with Crippen molar-refractivity contribution in [3.8, 4) is 11.5 Å². The van der Waals surface area contributed by atoms with E-state index in [-0.39, 0.29) is 48.6 Å². The number of benzene rings is 1. The molecule has 1 N–H and O–H groups in total. The Morgan fingerprint density at radius 3 is 2.62 bits per heavy atom. The lowest BCUT2D eigenvalue weighted by molar-refractivity contribution is 0.0515. The molecule has 1 aromatic heterocycles. The smallest absolute Gasteiger partial charge is 0.407 e. The minimum absolute atomic E-state index is 0.0280. The molecule has 2 atom stereocenters. The first kappa shape index (κ1) is 28.1. The molecule has 2 heterocycles. The van der Waals surface area contributed by atoms with Crippen LogP contribution >= 0.6 is 0 Å². The molecule has 0 spiro atoms. The summed E-state index contributed by atoms with van der Waals surface area (Å²) in [7, 11) is 0. The van der Waals surface area contributed by atoms with Gasteiger partial charge in [0.2, 0.25) is 0 Å². The van der Waals surface area contributed by atoms with E-state index < -0.39 is 29.6 Å². The van der Waals surface area contributed by atoms with Gasteiger partial charge in [0, 0.05) is 31.6 Å². The van der Waals surface area contributed by atoms with E-state index in [1.54, 1.807) is 30.6 Å². The number of amides is 2. The van der Waals surface area contributed by atoms with Crippen LogP contribution in [-0.2, 0) is 4.74 Å². The van der Waals surface area contributed by atoms with E-state index in [9.17, 15) is 18.4 Å². The predicted octanol–water partition coefficient (Wildman–Crippen LogP) is 4.58. The molecule has 1 fully saturated rings. The third-order valence-electron chi connectivity index (χ3n) is 5.84. The molecule has 37 heavy (non-hydrogen) atoms. The lowest BCUT2D eigenvalue weighted by atomic mass is 10.1. The zero-order valence-corrected chi connectivity index (χ0v) is 22.1. The minimum Gasteiger partial charge on any atom is -0.451 e. The van der Waals surface area contributed by atoms with E-state index in [2.05, 4.69) is 15.3 Å².